The Morgan fingerprint density at radius 3 is 2.90 bits per heavy atom. The van der Waals surface area contributed by atoms with Crippen LogP contribution in [0.2, 0.25) is 0 Å². The number of hydrogen-bond acceptors (Lipinski definition) is 3. The summed E-state index contributed by atoms with van der Waals surface area (Å²) >= 11 is 0. The lowest BCUT2D eigenvalue weighted by Gasteiger charge is -2.23. The molecule has 116 valence electrons. The SMILES string of the molecule is NC1CCCCc2cn(CC(=O)NC3CCOCC3)cc21. The third-order valence-corrected chi connectivity index (χ3v) is 4.52. The van der Waals surface area contributed by atoms with Gasteiger partial charge in [-0.05, 0) is 43.2 Å². The van der Waals surface area contributed by atoms with E-state index in [0.29, 0.717) is 6.54 Å². The second-order valence-corrected chi connectivity index (χ2v) is 6.22. The van der Waals surface area contributed by atoms with E-state index >= 15 is 0 Å². The topological polar surface area (TPSA) is 69.3 Å². The number of nitrogens with two attached hydrogens (primary N) is 1. The summed E-state index contributed by atoms with van der Waals surface area (Å²) < 4.78 is 7.30. The van der Waals surface area contributed by atoms with E-state index in [2.05, 4.69) is 17.7 Å². The average molecular weight is 291 g/mol. The van der Waals surface area contributed by atoms with Crippen LogP contribution in [0, 0.1) is 0 Å². The van der Waals surface area contributed by atoms with E-state index in [1.54, 1.807) is 0 Å². The number of nitrogens with zero attached hydrogens (tertiary/aromatic N) is 1. The molecule has 0 radical (unpaired) electrons. The molecule has 1 aromatic heterocycles. The maximum Gasteiger partial charge on any atom is 0.240 e. The van der Waals surface area contributed by atoms with Gasteiger partial charge in [-0.1, -0.05) is 6.42 Å². The molecule has 3 rings (SSSR count). The fourth-order valence-corrected chi connectivity index (χ4v) is 3.32. The van der Waals surface area contributed by atoms with Crippen LogP contribution in [0.15, 0.2) is 12.4 Å². The van der Waals surface area contributed by atoms with Gasteiger partial charge in [-0.25, -0.2) is 0 Å². The van der Waals surface area contributed by atoms with Gasteiger partial charge in [0.2, 0.25) is 5.91 Å². The summed E-state index contributed by atoms with van der Waals surface area (Å²) in [6.07, 6.45) is 10.5. The first-order valence-electron chi connectivity index (χ1n) is 8.03. The van der Waals surface area contributed by atoms with E-state index in [1.807, 2.05) is 4.57 Å². The van der Waals surface area contributed by atoms with E-state index < -0.39 is 0 Å². The number of nitrogens with one attached hydrogen (secondary N) is 1. The van der Waals surface area contributed by atoms with Gasteiger partial charge in [-0.15, -0.1) is 0 Å². The van der Waals surface area contributed by atoms with Gasteiger partial charge in [0.1, 0.15) is 6.54 Å². The molecule has 5 heteroatoms. The second-order valence-electron chi connectivity index (χ2n) is 6.22. The molecular weight excluding hydrogens is 266 g/mol. The third kappa shape index (κ3) is 3.66. The normalized spacial score (nSPS) is 23.4. The predicted octanol–water partition coefficient (Wildman–Crippen LogP) is 1.51. The molecule has 1 atom stereocenters. The van der Waals surface area contributed by atoms with E-state index in [4.69, 9.17) is 10.5 Å². The summed E-state index contributed by atoms with van der Waals surface area (Å²) in [5, 5.41) is 3.10. The Kier molecular flexibility index (Phi) is 4.60. The largest absolute Gasteiger partial charge is 0.381 e. The maximum atomic E-state index is 12.1. The zero-order valence-corrected chi connectivity index (χ0v) is 12.5. The van der Waals surface area contributed by atoms with Crippen LogP contribution in [0.5, 0.6) is 0 Å². The number of hydrogen-bond donors (Lipinski definition) is 2. The highest BCUT2D eigenvalue weighted by atomic mass is 16.5. The van der Waals surface area contributed by atoms with Crippen molar-refractivity contribution in [2.24, 2.45) is 5.73 Å². The molecule has 3 N–H and O–H groups in total. The lowest BCUT2D eigenvalue weighted by atomic mass is 10.1. The molecule has 1 fully saturated rings. The molecule has 1 aliphatic heterocycles. The van der Waals surface area contributed by atoms with Gasteiger partial charge in [0, 0.05) is 37.7 Å². The highest BCUT2D eigenvalue weighted by molar-refractivity contribution is 5.76. The second kappa shape index (κ2) is 6.62. The summed E-state index contributed by atoms with van der Waals surface area (Å²) in [5.74, 6) is 0.0839. The van der Waals surface area contributed by atoms with Crippen molar-refractivity contribution in [3.63, 3.8) is 0 Å². The molecule has 1 saturated heterocycles. The predicted molar refractivity (Wildman–Crippen MR) is 80.9 cm³/mol. The van der Waals surface area contributed by atoms with Crippen LogP contribution in [-0.2, 0) is 22.5 Å². The highest BCUT2D eigenvalue weighted by Crippen LogP contribution is 2.27. The fraction of sp³-hybridized carbons (Fsp3) is 0.688. The van der Waals surface area contributed by atoms with Gasteiger partial charge >= 0.3 is 0 Å². The van der Waals surface area contributed by atoms with Crippen LogP contribution in [-0.4, -0.2) is 29.7 Å². The Balaban J connectivity index is 1.59. The monoisotopic (exact) mass is 291 g/mol. The number of aromatic nitrogens is 1. The Morgan fingerprint density at radius 1 is 1.29 bits per heavy atom. The van der Waals surface area contributed by atoms with Gasteiger partial charge in [0.15, 0.2) is 0 Å². The lowest BCUT2D eigenvalue weighted by Crippen LogP contribution is -2.40. The Hall–Kier alpha value is -1.33. The van der Waals surface area contributed by atoms with Crippen molar-refractivity contribution in [2.75, 3.05) is 13.2 Å². The summed E-state index contributed by atoms with van der Waals surface area (Å²) in [6.45, 7) is 1.88. The van der Waals surface area contributed by atoms with Crippen LogP contribution in [0.4, 0.5) is 0 Å². The highest BCUT2D eigenvalue weighted by Gasteiger charge is 2.19. The number of rotatable bonds is 3. The number of carbonyl (C=O) groups excluding carboxylic acids is 1. The van der Waals surface area contributed by atoms with Gasteiger partial charge in [-0.2, -0.15) is 0 Å². The first-order chi connectivity index (χ1) is 10.2. The molecule has 0 bridgehead atoms. The van der Waals surface area contributed by atoms with Crippen LogP contribution in [0.1, 0.15) is 49.3 Å². The molecule has 1 unspecified atom stereocenters. The summed E-state index contributed by atoms with van der Waals surface area (Å²) in [6, 6.07) is 0.393. The molecule has 2 aliphatic rings. The molecule has 5 nitrogen and oxygen atoms in total. The van der Waals surface area contributed by atoms with Crippen molar-refractivity contribution in [3.05, 3.63) is 23.5 Å². The Labute approximate surface area is 125 Å². The first kappa shape index (κ1) is 14.6. The number of carbonyl (C=O) groups is 1. The Morgan fingerprint density at radius 2 is 2.10 bits per heavy atom. The lowest BCUT2D eigenvalue weighted by molar-refractivity contribution is -0.122. The average Bonchev–Trinajstić information content (AvgIpc) is 2.79. The van der Waals surface area contributed by atoms with Crippen molar-refractivity contribution >= 4 is 5.91 Å². The van der Waals surface area contributed by atoms with E-state index in [1.165, 1.54) is 24.0 Å². The van der Waals surface area contributed by atoms with Gasteiger partial charge in [0.25, 0.3) is 0 Å². The maximum absolute atomic E-state index is 12.1. The number of fused-ring (bicyclic) bond motifs is 1. The van der Waals surface area contributed by atoms with Crippen LogP contribution < -0.4 is 11.1 Å². The standard InChI is InChI=1S/C16H25N3O2/c17-15-4-2-1-3-12-9-19(10-14(12)15)11-16(20)18-13-5-7-21-8-6-13/h9-10,13,15H,1-8,11,17H2,(H,18,20). The first-order valence-corrected chi connectivity index (χ1v) is 8.03. The zero-order chi connectivity index (χ0) is 14.7. The fourth-order valence-electron chi connectivity index (χ4n) is 3.32. The van der Waals surface area contributed by atoms with Crippen molar-refractivity contribution in [1.82, 2.24) is 9.88 Å². The van der Waals surface area contributed by atoms with Crippen LogP contribution in [0.3, 0.4) is 0 Å². The number of amides is 1. The number of aryl methyl sites for hydroxylation is 1. The van der Waals surface area contributed by atoms with Crippen LogP contribution >= 0.6 is 0 Å². The molecule has 1 aliphatic carbocycles. The van der Waals surface area contributed by atoms with Crippen molar-refractivity contribution < 1.29 is 9.53 Å². The van der Waals surface area contributed by atoms with Crippen molar-refractivity contribution in [1.29, 1.82) is 0 Å². The minimum absolute atomic E-state index is 0.0839. The quantitative estimate of drug-likeness (QED) is 0.829. The van der Waals surface area contributed by atoms with Crippen LogP contribution in [0.25, 0.3) is 0 Å². The van der Waals surface area contributed by atoms with E-state index in [0.717, 1.165) is 38.9 Å². The van der Waals surface area contributed by atoms with Gasteiger partial charge < -0.3 is 20.4 Å². The molecule has 1 amide bonds. The van der Waals surface area contributed by atoms with E-state index in [-0.39, 0.29) is 18.0 Å². The molecule has 21 heavy (non-hydrogen) atoms. The number of ether oxygens (including phenoxy) is 1. The van der Waals surface area contributed by atoms with Crippen molar-refractivity contribution in [2.45, 2.75) is 57.2 Å². The molecule has 0 aromatic carbocycles. The Bertz CT molecular complexity index is 492. The molecule has 0 saturated carbocycles. The smallest absolute Gasteiger partial charge is 0.240 e. The summed E-state index contributed by atoms with van der Waals surface area (Å²) in [5.41, 5.74) is 8.76. The molecular formula is C16H25N3O2. The summed E-state index contributed by atoms with van der Waals surface area (Å²) in [7, 11) is 0. The zero-order valence-electron chi connectivity index (χ0n) is 12.5. The minimum atomic E-state index is 0.0839. The van der Waals surface area contributed by atoms with Gasteiger partial charge in [-0.3, -0.25) is 4.79 Å². The molecule has 0 spiro atoms. The minimum Gasteiger partial charge on any atom is -0.381 e. The molecule has 2 heterocycles. The van der Waals surface area contributed by atoms with Gasteiger partial charge in [0.05, 0.1) is 0 Å². The molecule has 1 aromatic rings. The van der Waals surface area contributed by atoms with Crippen molar-refractivity contribution in [3.8, 4) is 0 Å². The van der Waals surface area contributed by atoms with E-state index in [9.17, 15) is 4.79 Å². The summed E-state index contributed by atoms with van der Waals surface area (Å²) in [4.78, 5) is 12.1. The third-order valence-electron chi connectivity index (χ3n) is 4.52.